The van der Waals surface area contributed by atoms with Crippen LogP contribution >= 0.6 is 34.7 Å². The van der Waals surface area contributed by atoms with Gasteiger partial charge in [0.1, 0.15) is 0 Å². The minimum atomic E-state index is 0.185. The van der Waals surface area contributed by atoms with E-state index in [1.807, 2.05) is 36.4 Å². The van der Waals surface area contributed by atoms with Crippen LogP contribution < -0.4 is 0 Å². The highest BCUT2D eigenvalue weighted by atomic mass is 35.5. The Labute approximate surface area is 120 Å². The van der Waals surface area contributed by atoms with Crippen molar-refractivity contribution >= 4 is 40.5 Å². The number of carbonyl (C=O) groups excluding carboxylic acids is 1. The molecule has 0 aliphatic heterocycles. The summed E-state index contributed by atoms with van der Waals surface area (Å²) >= 11 is 9.02. The van der Waals surface area contributed by atoms with Gasteiger partial charge in [-0.3, -0.25) is 4.79 Å². The van der Waals surface area contributed by atoms with E-state index in [1.165, 1.54) is 16.6 Å². The molecule has 0 saturated carbocycles. The Morgan fingerprint density at radius 3 is 2.83 bits per heavy atom. The molecule has 1 nitrogen and oxygen atoms in total. The normalized spacial score (nSPS) is 10.6. The number of thioether (sulfide) groups is 1. The first-order chi connectivity index (χ1) is 8.69. The van der Waals surface area contributed by atoms with Crippen molar-refractivity contribution in [1.82, 2.24) is 0 Å². The van der Waals surface area contributed by atoms with Crippen molar-refractivity contribution in [2.75, 3.05) is 5.75 Å². The van der Waals surface area contributed by atoms with Crippen LogP contribution in [0.4, 0.5) is 0 Å². The Morgan fingerprint density at radius 1 is 1.33 bits per heavy atom. The van der Waals surface area contributed by atoms with E-state index in [0.717, 1.165) is 16.2 Å². The van der Waals surface area contributed by atoms with E-state index in [9.17, 15) is 4.79 Å². The van der Waals surface area contributed by atoms with Gasteiger partial charge in [0.25, 0.3) is 0 Å². The predicted molar refractivity (Wildman–Crippen MR) is 80.2 cm³/mol. The number of Topliss-reactive ketones (excluding diaryl/α,β-unsaturated/α-hetero) is 1. The number of hydrogen-bond donors (Lipinski definition) is 0. The van der Waals surface area contributed by atoms with Crippen LogP contribution in [-0.4, -0.2) is 11.5 Å². The Morgan fingerprint density at radius 2 is 2.17 bits per heavy atom. The lowest BCUT2D eigenvalue weighted by Crippen LogP contribution is -1.98. The van der Waals surface area contributed by atoms with Gasteiger partial charge in [-0.15, -0.1) is 23.1 Å². The van der Waals surface area contributed by atoms with Crippen molar-refractivity contribution < 1.29 is 4.79 Å². The van der Waals surface area contributed by atoms with E-state index < -0.39 is 0 Å². The lowest BCUT2D eigenvalue weighted by Gasteiger charge is -2.00. The van der Waals surface area contributed by atoms with Gasteiger partial charge in [0.05, 0.1) is 10.6 Å². The lowest BCUT2D eigenvalue weighted by atomic mass is 10.3. The molecular weight excluding hydrogens is 284 g/mol. The smallest absolute Gasteiger partial charge is 0.182 e. The third kappa shape index (κ3) is 3.61. The summed E-state index contributed by atoms with van der Waals surface area (Å²) < 4.78 is 0. The number of aryl methyl sites for hydroxylation is 1. The van der Waals surface area contributed by atoms with Gasteiger partial charge in [0, 0.05) is 14.8 Å². The molecule has 2 aromatic rings. The zero-order valence-corrected chi connectivity index (χ0v) is 12.4. The van der Waals surface area contributed by atoms with E-state index in [0.29, 0.717) is 10.8 Å². The summed E-state index contributed by atoms with van der Waals surface area (Å²) in [5.41, 5.74) is 0. The Hall–Kier alpha value is -0.770. The molecule has 2 rings (SSSR count). The summed E-state index contributed by atoms with van der Waals surface area (Å²) in [5.74, 6) is 0.647. The Balaban J connectivity index is 1.96. The van der Waals surface area contributed by atoms with E-state index in [-0.39, 0.29) is 5.78 Å². The maximum absolute atomic E-state index is 12.0. The van der Waals surface area contributed by atoms with Gasteiger partial charge in [-0.1, -0.05) is 24.6 Å². The number of thiophene rings is 1. The zero-order chi connectivity index (χ0) is 13.0. The van der Waals surface area contributed by atoms with Crippen LogP contribution in [0.25, 0.3) is 0 Å². The van der Waals surface area contributed by atoms with Crippen molar-refractivity contribution in [2.45, 2.75) is 18.2 Å². The van der Waals surface area contributed by atoms with Gasteiger partial charge in [-0.05, 0) is 36.8 Å². The molecule has 0 unspecified atom stereocenters. The SMILES string of the molecule is CCc1ccc(C(=O)CSc2cccc(Cl)c2)s1. The molecule has 1 aromatic carbocycles. The molecule has 0 amide bonds. The fourth-order valence-electron chi connectivity index (χ4n) is 1.49. The third-order valence-corrected chi connectivity index (χ3v) is 4.95. The Bertz CT molecular complexity index is 548. The molecular formula is C14H13ClOS2. The summed E-state index contributed by atoms with van der Waals surface area (Å²) in [7, 11) is 0. The van der Waals surface area contributed by atoms with Gasteiger partial charge in [0.15, 0.2) is 5.78 Å². The third-order valence-electron chi connectivity index (χ3n) is 2.45. The zero-order valence-electron chi connectivity index (χ0n) is 9.98. The van der Waals surface area contributed by atoms with Gasteiger partial charge in [0.2, 0.25) is 0 Å². The molecule has 0 N–H and O–H groups in total. The summed E-state index contributed by atoms with van der Waals surface area (Å²) in [6, 6.07) is 11.5. The van der Waals surface area contributed by atoms with Crippen molar-refractivity contribution in [3.8, 4) is 0 Å². The Kier molecular flexibility index (Phi) is 4.87. The first kappa shape index (κ1) is 13.7. The van der Waals surface area contributed by atoms with Crippen LogP contribution in [0.3, 0.4) is 0 Å². The average Bonchev–Trinajstić information content (AvgIpc) is 2.85. The van der Waals surface area contributed by atoms with E-state index >= 15 is 0 Å². The summed E-state index contributed by atoms with van der Waals surface area (Å²) in [6.45, 7) is 2.10. The standard InChI is InChI=1S/C14H13ClOS2/c1-2-11-6-7-14(18-11)13(16)9-17-12-5-3-4-10(15)8-12/h3-8H,2,9H2,1H3. The van der Waals surface area contributed by atoms with Crippen LogP contribution in [0.15, 0.2) is 41.3 Å². The fraction of sp³-hybridized carbons (Fsp3) is 0.214. The predicted octanol–water partition coefficient (Wildman–Crippen LogP) is 4.94. The number of halogens is 1. The fourth-order valence-corrected chi connectivity index (χ4v) is 3.56. The molecule has 18 heavy (non-hydrogen) atoms. The molecule has 0 bridgehead atoms. The molecule has 0 aliphatic carbocycles. The maximum Gasteiger partial charge on any atom is 0.182 e. The van der Waals surface area contributed by atoms with Crippen molar-refractivity contribution in [2.24, 2.45) is 0 Å². The van der Waals surface area contributed by atoms with Gasteiger partial charge < -0.3 is 0 Å². The highest BCUT2D eigenvalue weighted by molar-refractivity contribution is 8.00. The van der Waals surface area contributed by atoms with Crippen molar-refractivity contribution in [1.29, 1.82) is 0 Å². The van der Waals surface area contributed by atoms with Crippen LogP contribution in [0, 0.1) is 0 Å². The second-order valence-electron chi connectivity index (χ2n) is 3.79. The molecule has 0 radical (unpaired) electrons. The highest BCUT2D eigenvalue weighted by Crippen LogP contribution is 2.24. The van der Waals surface area contributed by atoms with Gasteiger partial charge in [-0.2, -0.15) is 0 Å². The highest BCUT2D eigenvalue weighted by Gasteiger charge is 2.09. The monoisotopic (exact) mass is 296 g/mol. The largest absolute Gasteiger partial charge is 0.292 e. The molecule has 0 spiro atoms. The van der Waals surface area contributed by atoms with E-state index in [1.54, 1.807) is 11.3 Å². The molecule has 0 atom stereocenters. The van der Waals surface area contributed by atoms with Crippen LogP contribution in [0.2, 0.25) is 5.02 Å². The van der Waals surface area contributed by atoms with Crippen LogP contribution in [0.5, 0.6) is 0 Å². The quantitative estimate of drug-likeness (QED) is 0.574. The van der Waals surface area contributed by atoms with E-state index in [4.69, 9.17) is 11.6 Å². The number of ketones is 1. The van der Waals surface area contributed by atoms with E-state index in [2.05, 4.69) is 6.92 Å². The lowest BCUT2D eigenvalue weighted by molar-refractivity contribution is 0.102. The van der Waals surface area contributed by atoms with Gasteiger partial charge in [-0.25, -0.2) is 0 Å². The minimum Gasteiger partial charge on any atom is -0.292 e. The number of benzene rings is 1. The van der Waals surface area contributed by atoms with Gasteiger partial charge >= 0.3 is 0 Å². The minimum absolute atomic E-state index is 0.185. The second kappa shape index (κ2) is 6.41. The van der Waals surface area contributed by atoms with Crippen molar-refractivity contribution in [3.05, 3.63) is 51.2 Å². The number of rotatable bonds is 5. The summed E-state index contributed by atoms with van der Waals surface area (Å²) in [5, 5.41) is 0.705. The second-order valence-corrected chi connectivity index (χ2v) is 6.44. The first-order valence-electron chi connectivity index (χ1n) is 5.69. The molecule has 0 aliphatic rings. The molecule has 94 valence electrons. The number of hydrogen-bond acceptors (Lipinski definition) is 3. The average molecular weight is 297 g/mol. The molecule has 0 fully saturated rings. The molecule has 1 heterocycles. The van der Waals surface area contributed by atoms with Crippen LogP contribution in [0.1, 0.15) is 21.5 Å². The molecule has 1 aromatic heterocycles. The number of carbonyl (C=O) groups is 1. The topological polar surface area (TPSA) is 17.1 Å². The maximum atomic E-state index is 12.0. The first-order valence-corrected chi connectivity index (χ1v) is 7.87. The molecule has 0 saturated heterocycles. The summed E-state index contributed by atoms with van der Waals surface area (Å²) in [6.07, 6.45) is 0.985. The molecule has 4 heteroatoms. The van der Waals surface area contributed by atoms with Crippen LogP contribution in [-0.2, 0) is 6.42 Å². The van der Waals surface area contributed by atoms with Crippen molar-refractivity contribution in [3.63, 3.8) is 0 Å². The summed E-state index contributed by atoms with van der Waals surface area (Å²) in [4.78, 5) is 15.1.